The van der Waals surface area contributed by atoms with Gasteiger partial charge < -0.3 is 4.90 Å². The van der Waals surface area contributed by atoms with E-state index >= 15 is 0 Å². The molecule has 1 fully saturated rings. The smallest absolute Gasteiger partial charge is 0.137 e. The van der Waals surface area contributed by atoms with E-state index in [2.05, 4.69) is 30.7 Å². The summed E-state index contributed by atoms with van der Waals surface area (Å²) in [6.45, 7) is 9.44. The van der Waals surface area contributed by atoms with E-state index < -0.39 is 0 Å². The minimum atomic E-state index is 0.428. The first kappa shape index (κ1) is 12.6. The molecule has 1 heterocycles. The van der Waals surface area contributed by atoms with Gasteiger partial charge in [0.05, 0.1) is 0 Å². The minimum absolute atomic E-state index is 0.428. The molecule has 0 unspecified atom stereocenters. The molecule has 0 aromatic carbocycles. The van der Waals surface area contributed by atoms with Gasteiger partial charge >= 0.3 is 0 Å². The molecule has 0 amide bonds. The first-order chi connectivity index (χ1) is 8.04. The lowest BCUT2D eigenvalue weighted by molar-refractivity contribution is 0.684. The number of halogens is 1. The highest BCUT2D eigenvalue weighted by Gasteiger charge is 2.29. The maximum Gasteiger partial charge on any atom is 0.137 e. The average Bonchev–Trinajstić information content (AvgIpc) is 3.08. The standard InChI is InChI=1S/C13H20ClN3/c1-5-17(8(2)3)13-9(4)11(14)15-12(16-13)10-6-7-10/h8,10H,5-7H2,1-4H3. The lowest BCUT2D eigenvalue weighted by Gasteiger charge is -2.28. The fraction of sp³-hybridized carbons (Fsp3) is 0.692. The van der Waals surface area contributed by atoms with Crippen molar-refractivity contribution in [1.29, 1.82) is 0 Å². The van der Waals surface area contributed by atoms with Gasteiger partial charge in [-0.2, -0.15) is 0 Å². The second-order valence-electron chi connectivity index (χ2n) is 4.98. The van der Waals surface area contributed by atoms with E-state index in [1.165, 1.54) is 12.8 Å². The molecule has 17 heavy (non-hydrogen) atoms. The van der Waals surface area contributed by atoms with E-state index in [9.17, 15) is 0 Å². The van der Waals surface area contributed by atoms with Gasteiger partial charge in [-0.25, -0.2) is 9.97 Å². The molecule has 1 saturated carbocycles. The summed E-state index contributed by atoms with van der Waals surface area (Å²) in [6, 6.07) is 0.428. The first-order valence-electron chi connectivity index (χ1n) is 6.35. The molecule has 0 saturated heterocycles. The second-order valence-corrected chi connectivity index (χ2v) is 5.33. The van der Waals surface area contributed by atoms with Crippen LogP contribution in [-0.2, 0) is 0 Å². The fourth-order valence-electron chi connectivity index (χ4n) is 2.06. The van der Waals surface area contributed by atoms with Crippen LogP contribution in [0.5, 0.6) is 0 Å². The quantitative estimate of drug-likeness (QED) is 0.769. The fourth-order valence-corrected chi connectivity index (χ4v) is 2.23. The van der Waals surface area contributed by atoms with E-state index in [0.717, 1.165) is 23.8 Å². The molecule has 0 N–H and O–H groups in total. The maximum absolute atomic E-state index is 6.22. The third-order valence-electron chi connectivity index (χ3n) is 3.26. The second kappa shape index (κ2) is 4.81. The summed E-state index contributed by atoms with van der Waals surface area (Å²) in [5.74, 6) is 2.47. The summed E-state index contributed by atoms with van der Waals surface area (Å²) in [7, 11) is 0. The van der Waals surface area contributed by atoms with Gasteiger partial charge in [-0.3, -0.25) is 0 Å². The monoisotopic (exact) mass is 253 g/mol. The lowest BCUT2D eigenvalue weighted by atomic mass is 10.2. The molecule has 1 aromatic rings. The van der Waals surface area contributed by atoms with Gasteiger partial charge in [0.15, 0.2) is 0 Å². The molecule has 0 bridgehead atoms. The summed E-state index contributed by atoms with van der Waals surface area (Å²) in [5, 5.41) is 0.607. The zero-order chi connectivity index (χ0) is 12.6. The predicted octanol–water partition coefficient (Wildman–Crippen LogP) is 3.55. The zero-order valence-corrected chi connectivity index (χ0v) is 11.8. The van der Waals surface area contributed by atoms with Crippen molar-refractivity contribution < 1.29 is 0 Å². The van der Waals surface area contributed by atoms with Crippen LogP contribution in [0.1, 0.15) is 50.9 Å². The third-order valence-corrected chi connectivity index (χ3v) is 3.62. The van der Waals surface area contributed by atoms with Crippen LogP contribution >= 0.6 is 11.6 Å². The first-order valence-corrected chi connectivity index (χ1v) is 6.73. The zero-order valence-electron chi connectivity index (χ0n) is 11.0. The summed E-state index contributed by atoms with van der Waals surface area (Å²) >= 11 is 6.22. The molecule has 1 aromatic heterocycles. The molecule has 1 aliphatic rings. The van der Waals surface area contributed by atoms with Gasteiger partial charge in [0.25, 0.3) is 0 Å². The number of hydrogen-bond donors (Lipinski definition) is 0. The van der Waals surface area contributed by atoms with E-state index in [1.54, 1.807) is 0 Å². The Hall–Kier alpha value is -0.830. The topological polar surface area (TPSA) is 29.0 Å². The van der Waals surface area contributed by atoms with E-state index in [-0.39, 0.29) is 0 Å². The molecule has 0 radical (unpaired) electrons. The van der Waals surface area contributed by atoms with Crippen LogP contribution < -0.4 is 4.90 Å². The highest BCUT2D eigenvalue weighted by molar-refractivity contribution is 6.30. The van der Waals surface area contributed by atoms with Crippen LogP contribution in [0.3, 0.4) is 0 Å². The number of rotatable bonds is 4. The van der Waals surface area contributed by atoms with Crippen LogP contribution in [0, 0.1) is 6.92 Å². The molecule has 0 aliphatic heterocycles. The van der Waals surface area contributed by atoms with Gasteiger partial charge in [0.2, 0.25) is 0 Å². The van der Waals surface area contributed by atoms with Crippen molar-refractivity contribution in [3.8, 4) is 0 Å². The minimum Gasteiger partial charge on any atom is -0.354 e. The van der Waals surface area contributed by atoms with E-state index in [0.29, 0.717) is 17.1 Å². The van der Waals surface area contributed by atoms with Crippen molar-refractivity contribution in [2.75, 3.05) is 11.4 Å². The summed E-state index contributed by atoms with van der Waals surface area (Å²) in [6.07, 6.45) is 2.40. The number of anilines is 1. The molecule has 0 atom stereocenters. The Morgan fingerprint density at radius 1 is 1.35 bits per heavy atom. The highest BCUT2D eigenvalue weighted by atomic mass is 35.5. The molecular formula is C13H20ClN3. The van der Waals surface area contributed by atoms with Gasteiger partial charge in [0.1, 0.15) is 16.8 Å². The van der Waals surface area contributed by atoms with Crippen LogP contribution in [0.25, 0.3) is 0 Å². The Morgan fingerprint density at radius 2 is 2.00 bits per heavy atom. The maximum atomic E-state index is 6.22. The highest BCUT2D eigenvalue weighted by Crippen LogP contribution is 2.40. The molecular weight excluding hydrogens is 234 g/mol. The van der Waals surface area contributed by atoms with Gasteiger partial charge in [-0.15, -0.1) is 0 Å². The van der Waals surface area contributed by atoms with Crippen LogP contribution in [0.2, 0.25) is 5.15 Å². The Kier molecular flexibility index (Phi) is 3.57. The number of aromatic nitrogens is 2. The molecule has 0 spiro atoms. The Morgan fingerprint density at radius 3 is 2.47 bits per heavy atom. The van der Waals surface area contributed by atoms with Gasteiger partial charge in [-0.1, -0.05) is 11.6 Å². The Balaban J connectivity index is 2.43. The van der Waals surface area contributed by atoms with Crippen molar-refractivity contribution in [2.45, 2.75) is 52.5 Å². The third kappa shape index (κ3) is 2.54. The van der Waals surface area contributed by atoms with Gasteiger partial charge in [-0.05, 0) is 40.5 Å². The molecule has 2 rings (SSSR count). The van der Waals surface area contributed by atoms with Crippen molar-refractivity contribution in [1.82, 2.24) is 9.97 Å². The number of nitrogens with zero attached hydrogens (tertiary/aromatic N) is 3. The molecule has 94 valence electrons. The molecule has 4 heteroatoms. The Labute approximate surface area is 108 Å². The molecule has 3 nitrogen and oxygen atoms in total. The normalized spacial score (nSPS) is 15.4. The van der Waals surface area contributed by atoms with Crippen molar-refractivity contribution in [2.24, 2.45) is 0 Å². The largest absolute Gasteiger partial charge is 0.354 e. The average molecular weight is 254 g/mol. The lowest BCUT2D eigenvalue weighted by Crippen LogP contribution is -2.32. The van der Waals surface area contributed by atoms with Crippen LogP contribution in [-0.4, -0.2) is 22.6 Å². The number of hydrogen-bond acceptors (Lipinski definition) is 3. The van der Waals surface area contributed by atoms with Crippen molar-refractivity contribution in [3.05, 3.63) is 16.5 Å². The van der Waals surface area contributed by atoms with Crippen LogP contribution in [0.4, 0.5) is 5.82 Å². The van der Waals surface area contributed by atoms with Gasteiger partial charge in [0, 0.05) is 24.1 Å². The van der Waals surface area contributed by atoms with E-state index in [4.69, 9.17) is 16.6 Å². The van der Waals surface area contributed by atoms with Crippen LogP contribution in [0.15, 0.2) is 0 Å². The predicted molar refractivity (Wildman–Crippen MR) is 71.9 cm³/mol. The van der Waals surface area contributed by atoms with Crippen molar-refractivity contribution >= 4 is 17.4 Å². The van der Waals surface area contributed by atoms with E-state index in [1.807, 2.05) is 6.92 Å². The Bertz CT molecular complexity index is 413. The summed E-state index contributed by atoms with van der Waals surface area (Å²) < 4.78 is 0. The SMILES string of the molecule is CCN(c1nc(C2CC2)nc(Cl)c1C)C(C)C. The molecule has 1 aliphatic carbocycles. The summed E-state index contributed by atoms with van der Waals surface area (Å²) in [4.78, 5) is 11.4. The summed E-state index contributed by atoms with van der Waals surface area (Å²) in [5.41, 5.74) is 0.992. The van der Waals surface area contributed by atoms with Crippen molar-refractivity contribution in [3.63, 3.8) is 0 Å².